The normalized spacial score (nSPS) is 15.8. The van der Waals surface area contributed by atoms with Gasteiger partial charge in [-0.15, -0.1) is 0 Å². The molecule has 1 fully saturated rings. The van der Waals surface area contributed by atoms with E-state index >= 15 is 0 Å². The summed E-state index contributed by atoms with van der Waals surface area (Å²) in [5, 5.41) is 7.96. The number of likely N-dealkylation sites (tertiary alicyclic amines) is 1. The number of carbonyl (C=O) groups excluding carboxylic acids is 2. The lowest BCUT2D eigenvalue weighted by Gasteiger charge is -2.31. The Morgan fingerprint density at radius 2 is 1.88 bits per heavy atom. The van der Waals surface area contributed by atoms with Gasteiger partial charge in [-0.1, -0.05) is 0 Å². The van der Waals surface area contributed by atoms with Crippen LogP contribution in [0.3, 0.4) is 0 Å². The number of hydrogen-bond acceptors (Lipinski definition) is 4. The molecule has 24 heavy (non-hydrogen) atoms. The predicted molar refractivity (Wildman–Crippen MR) is 90.7 cm³/mol. The summed E-state index contributed by atoms with van der Waals surface area (Å²) < 4.78 is 1.74. The van der Waals surface area contributed by atoms with Crippen LogP contribution in [-0.4, -0.2) is 51.6 Å². The molecule has 0 aliphatic carbocycles. The molecule has 2 aromatic rings. The molecule has 7 nitrogen and oxygen atoms in total. The van der Waals surface area contributed by atoms with Crippen molar-refractivity contribution in [1.29, 1.82) is 0 Å². The number of aromatic nitrogens is 3. The Balaban J connectivity index is 1.83. The first-order valence-electron chi connectivity index (χ1n) is 8.24. The summed E-state index contributed by atoms with van der Waals surface area (Å²) in [4.78, 5) is 31.0. The van der Waals surface area contributed by atoms with E-state index < -0.39 is 0 Å². The van der Waals surface area contributed by atoms with Gasteiger partial charge < -0.3 is 10.2 Å². The van der Waals surface area contributed by atoms with Crippen molar-refractivity contribution in [3.05, 3.63) is 23.0 Å². The van der Waals surface area contributed by atoms with Gasteiger partial charge in [0.1, 0.15) is 0 Å². The maximum Gasteiger partial charge on any atom is 0.255 e. The summed E-state index contributed by atoms with van der Waals surface area (Å²) >= 11 is 0. The van der Waals surface area contributed by atoms with E-state index in [1.54, 1.807) is 11.7 Å². The summed E-state index contributed by atoms with van der Waals surface area (Å²) in [5.41, 5.74) is 2.99. The van der Waals surface area contributed by atoms with Crippen LogP contribution in [0.2, 0.25) is 0 Å². The van der Waals surface area contributed by atoms with Gasteiger partial charge in [0.2, 0.25) is 5.91 Å². The summed E-state index contributed by atoms with van der Waals surface area (Å²) in [6.07, 6.45) is 1.40. The number of pyridine rings is 1. The van der Waals surface area contributed by atoms with E-state index in [0.29, 0.717) is 37.2 Å². The molecule has 0 atom stereocenters. The largest absolute Gasteiger partial charge is 0.359 e. The lowest BCUT2D eigenvalue weighted by Crippen LogP contribution is -2.42. The van der Waals surface area contributed by atoms with Gasteiger partial charge in [-0.25, -0.2) is 4.98 Å². The van der Waals surface area contributed by atoms with Crippen LogP contribution in [0.15, 0.2) is 6.07 Å². The first-order chi connectivity index (χ1) is 11.4. The Morgan fingerprint density at radius 3 is 2.50 bits per heavy atom. The van der Waals surface area contributed by atoms with Crippen LogP contribution in [0.1, 0.15) is 34.6 Å². The second-order valence-electron chi connectivity index (χ2n) is 6.38. The number of carbonyl (C=O) groups is 2. The maximum atomic E-state index is 12.9. The molecule has 1 saturated heterocycles. The van der Waals surface area contributed by atoms with E-state index in [1.807, 2.05) is 31.9 Å². The standard InChI is InChI=1S/C17H23N5O2/c1-10-14(9-13-11(2)20-21(4)15(13)19-10)17(24)22-7-5-12(6-8-22)16(23)18-3/h9,12H,5-8H2,1-4H3,(H,18,23). The highest BCUT2D eigenvalue weighted by molar-refractivity contribution is 5.98. The van der Waals surface area contributed by atoms with Crippen LogP contribution in [0, 0.1) is 19.8 Å². The third-order valence-electron chi connectivity index (χ3n) is 4.82. The smallest absolute Gasteiger partial charge is 0.255 e. The molecule has 0 bridgehead atoms. The van der Waals surface area contributed by atoms with E-state index in [0.717, 1.165) is 16.7 Å². The molecule has 1 aliphatic heterocycles. The number of piperidine rings is 1. The Hall–Kier alpha value is -2.44. The summed E-state index contributed by atoms with van der Waals surface area (Å²) in [6, 6.07) is 1.90. The highest BCUT2D eigenvalue weighted by atomic mass is 16.2. The zero-order valence-corrected chi connectivity index (χ0v) is 14.6. The average Bonchev–Trinajstić information content (AvgIpc) is 2.86. The molecule has 0 spiro atoms. The lowest BCUT2D eigenvalue weighted by molar-refractivity contribution is -0.125. The van der Waals surface area contributed by atoms with Crippen LogP contribution >= 0.6 is 0 Å². The summed E-state index contributed by atoms with van der Waals surface area (Å²) in [7, 11) is 3.51. The molecule has 3 heterocycles. The monoisotopic (exact) mass is 329 g/mol. The fourth-order valence-electron chi connectivity index (χ4n) is 3.37. The molecule has 0 radical (unpaired) electrons. The molecule has 7 heteroatoms. The molecule has 1 aliphatic rings. The minimum atomic E-state index is -0.0134. The van der Waals surface area contributed by atoms with Crippen molar-refractivity contribution in [3.8, 4) is 0 Å². The van der Waals surface area contributed by atoms with Crippen molar-refractivity contribution in [2.75, 3.05) is 20.1 Å². The third kappa shape index (κ3) is 2.74. The van der Waals surface area contributed by atoms with Gasteiger partial charge in [-0.05, 0) is 32.8 Å². The highest BCUT2D eigenvalue weighted by Crippen LogP contribution is 2.23. The van der Waals surface area contributed by atoms with Gasteiger partial charge in [0.15, 0.2) is 5.65 Å². The fraction of sp³-hybridized carbons (Fsp3) is 0.529. The van der Waals surface area contributed by atoms with Gasteiger partial charge in [0, 0.05) is 38.5 Å². The molecule has 3 rings (SSSR count). The van der Waals surface area contributed by atoms with Gasteiger partial charge in [0.25, 0.3) is 5.91 Å². The minimum absolute atomic E-state index is 0.00122. The topological polar surface area (TPSA) is 80.1 Å². The second kappa shape index (κ2) is 6.22. The van der Waals surface area contributed by atoms with Crippen LogP contribution in [-0.2, 0) is 11.8 Å². The fourth-order valence-corrected chi connectivity index (χ4v) is 3.37. The summed E-state index contributed by atoms with van der Waals surface area (Å²) in [5.74, 6) is 0.0502. The van der Waals surface area contributed by atoms with Crippen LogP contribution < -0.4 is 5.32 Å². The number of fused-ring (bicyclic) bond motifs is 1. The predicted octanol–water partition coefficient (Wildman–Crippen LogP) is 1.18. The molecule has 128 valence electrons. The highest BCUT2D eigenvalue weighted by Gasteiger charge is 2.28. The first-order valence-corrected chi connectivity index (χ1v) is 8.24. The first kappa shape index (κ1) is 16.4. The van der Waals surface area contributed by atoms with E-state index in [4.69, 9.17) is 0 Å². The van der Waals surface area contributed by atoms with Gasteiger partial charge in [0.05, 0.1) is 17.0 Å². The van der Waals surface area contributed by atoms with Gasteiger partial charge in [-0.3, -0.25) is 14.3 Å². The van der Waals surface area contributed by atoms with Crippen molar-refractivity contribution >= 4 is 22.8 Å². The van der Waals surface area contributed by atoms with E-state index in [2.05, 4.69) is 15.4 Å². The van der Waals surface area contributed by atoms with Crippen molar-refractivity contribution in [2.45, 2.75) is 26.7 Å². The van der Waals surface area contributed by atoms with E-state index in [1.165, 1.54) is 0 Å². The maximum absolute atomic E-state index is 12.9. The third-order valence-corrected chi connectivity index (χ3v) is 4.82. The zero-order chi connectivity index (χ0) is 17.4. The molecular weight excluding hydrogens is 306 g/mol. The Kier molecular flexibility index (Phi) is 4.26. The number of amides is 2. The van der Waals surface area contributed by atoms with Crippen molar-refractivity contribution < 1.29 is 9.59 Å². The van der Waals surface area contributed by atoms with Gasteiger partial charge in [-0.2, -0.15) is 5.10 Å². The Morgan fingerprint density at radius 1 is 1.21 bits per heavy atom. The Bertz CT molecular complexity index is 803. The number of rotatable bonds is 2. The molecule has 0 aromatic carbocycles. The van der Waals surface area contributed by atoms with Crippen molar-refractivity contribution in [2.24, 2.45) is 13.0 Å². The lowest BCUT2D eigenvalue weighted by atomic mass is 9.95. The van der Waals surface area contributed by atoms with Crippen LogP contribution in [0.5, 0.6) is 0 Å². The van der Waals surface area contributed by atoms with Gasteiger partial charge >= 0.3 is 0 Å². The number of nitrogens with one attached hydrogen (secondary N) is 1. The van der Waals surface area contributed by atoms with Crippen molar-refractivity contribution in [3.63, 3.8) is 0 Å². The molecular formula is C17H23N5O2. The average molecular weight is 329 g/mol. The van der Waals surface area contributed by atoms with Crippen LogP contribution in [0.25, 0.3) is 11.0 Å². The van der Waals surface area contributed by atoms with Crippen molar-refractivity contribution in [1.82, 2.24) is 25.0 Å². The van der Waals surface area contributed by atoms with E-state index in [-0.39, 0.29) is 17.7 Å². The zero-order valence-electron chi connectivity index (χ0n) is 14.6. The molecule has 0 saturated carbocycles. The van der Waals surface area contributed by atoms with Crippen LogP contribution in [0.4, 0.5) is 0 Å². The molecule has 2 amide bonds. The van der Waals surface area contributed by atoms with E-state index in [9.17, 15) is 9.59 Å². The number of aryl methyl sites for hydroxylation is 3. The molecule has 2 aromatic heterocycles. The molecule has 1 N–H and O–H groups in total. The molecule has 0 unspecified atom stereocenters. The second-order valence-corrected chi connectivity index (χ2v) is 6.38. The SMILES string of the molecule is CNC(=O)C1CCN(C(=O)c2cc3c(C)nn(C)c3nc2C)CC1. The Labute approximate surface area is 141 Å². The summed E-state index contributed by atoms with van der Waals surface area (Å²) in [6.45, 7) is 4.97. The minimum Gasteiger partial charge on any atom is -0.359 e. The number of nitrogens with zero attached hydrogens (tertiary/aromatic N) is 4. The quantitative estimate of drug-likeness (QED) is 0.897. The number of hydrogen-bond donors (Lipinski definition) is 1.